The van der Waals surface area contributed by atoms with Crippen LogP contribution in [0.3, 0.4) is 0 Å². The van der Waals surface area contributed by atoms with Crippen LogP contribution in [-0.2, 0) is 21.6 Å². The summed E-state index contributed by atoms with van der Waals surface area (Å²) in [4.78, 5) is 34.8. The predicted molar refractivity (Wildman–Crippen MR) is 117 cm³/mol. The molecule has 1 atom stereocenters. The summed E-state index contributed by atoms with van der Waals surface area (Å²) in [7, 11) is 2.39. The molecule has 1 amide bonds. The minimum Gasteiger partial charge on any atom is -0.464 e. The molecule has 1 aliphatic heterocycles. The summed E-state index contributed by atoms with van der Waals surface area (Å²) in [6.45, 7) is -1.50. The summed E-state index contributed by atoms with van der Waals surface area (Å²) >= 11 is 0. The summed E-state index contributed by atoms with van der Waals surface area (Å²) in [5.74, 6) is -2.63. The molecular formula is C23H19F4N5O3. The Bertz CT molecular complexity index is 1350. The van der Waals surface area contributed by atoms with Gasteiger partial charge in [0.05, 0.1) is 7.11 Å². The average molecular weight is 489 g/mol. The number of nitrogens with two attached hydrogens (primary N) is 1. The summed E-state index contributed by atoms with van der Waals surface area (Å²) in [6.07, 6.45) is -2.37. The van der Waals surface area contributed by atoms with Crippen LogP contribution in [0.2, 0.25) is 0 Å². The Morgan fingerprint density at radius 3 is 2.51 bits per heavy atom. The second-order valence-corrected chi connectivity index (χ2v) is 7.82. The first-order chi connectivity index (χ1) is 16.5. The first-order valence-electron chi connectivity index (χ1n) is 10.2. The molecule has 0 bridgehead atoms. The number of guanidine groups is 1. The lowest BCUT2D eigenvalue weighted by molar-refractivity contribution is -0.140. The zero-order chi connectivity index (χ0) is 25.5. The third-order valence-electron chi connectivity index (χ3n) is 5.65. The van der Waals surface area contributed by atoms with Gasteiger partial charge >= 0.3 is 12.1 Å². The number of aliphatic imine (C=N–C) groups is 1. The number of ether oxygens (including phenoxy) is 1. The monoisotopic (exact) mass is 489 g/mol. The van der Waals surface area contributed by atoms with E-state index >= 15 is 0 Å². The van der Waals surface area contributed by atoms with Gasteiger partial charge in [0, 0.05) is 30.6 Å². The molecular weight excluding hydrogens is 470 g/mol. The molecule has 4 rings (SSSR count). The molecule has 35 heavy (non-hydrogen) atoms. The number of carbonyl (C=O) groups is 2. The third kappa shape index (κ3) is 4.11. The van der Waals surface area contributed by atoms with Gasteiger partial charge in [0.1, 0.15) is 12.2 Å². The summed E-state index contributed by atoms with van der Waals surface area (Å²) in [5, 5.41) is 0. The Kier molecular flexibility index (Phi) is 5.83. The van der Waals surface area contributed by atoms with Crippen LogP contribution in [0.4, 0.5) is 17.6 Å². The van der Waals surface area contributed by atoms with Crippen molar-refractivity contribution < 1.29 is 31.9 Å². The molecule has 0 unspecified atom stereocenters. The zero-order valence-electron chi connectivity index (χ0n) is 18.5. The lowest BCUT2D eigenvalue weighted by Gasteiger charge is -2.25. The van der Waals surface area contributed by atoms with E-state index in [0.29, 0.717) is 10.1 Å². The van der Waals surface area contributed by atoms with Gasteiger partial charge in [0.15, 0.2) is 11.5 Å². The van der Waals surface area contributed by atoms with Crippen LogP contribution >= 0.6 is 0 Å². The van der Waals surface area contributed by atoms with E-state index in [4.69, 9.17) is 5.73 Å². The fourth-order valence-corrected chi connectivity index (χ4v) is 4.00. The van der Waals surface area contributed by atoms with Crippen molar-refractivity contribution in [1.82, 2.24) is 14.5 Å². The van der Waals surface area contributed by atoms with Crippen LogP contribution in [0.15, 0.2) is 59.9 Å². The first-order valence-corrected chi connectivity index (χ1v) is 10.2. The van der Waals surface area contributed by atoms with Gasteiger partial charge in [-0.25, -0.2) is 14.8 Å². The molecule has 182 valence electrons. The van der Waals surface area contributed by atoms with Crippen LogP contribution in [0.1, 0.15) is 21.6 Å². The maximum absolute atomic E-state index is 14.3. The fraction of sp³-hybridized carbons (Fsp3) is 0.217. The highest BCUT2D eigenvalue weighted by atomic mass is 19.4. The van der Waals surface area contributed by atoms with Gasteiger partial charge in [-0.3, -0.25) is 9.69 Å². The highest BCUT2D eigenvalue weighted by molar-refractivity contribution is 6.09. The maximum atomic E-state index is 14.3. The SMILES string of the molecule is COC(=O)c1cc([C@]2(c3cccc(-c4cccnc4F)c3)N=C(N)N(C)C2=O)cn1CC(F)(F)F. The van der Waals surface area contributed by atoms with E-state index in [1.807, 2.05) is 0 Å². The largest absolute Gasteiger partial charge is 0.464 e. The number of nitrogens with zero attached hydrogens (tertiary/aromatic N) is 4. The molecule has 2 aromatic heterocycles. The molecule has 0 saturated carbocycles. The van der Waals surface area contributed by atoms with Gasteiger partial charge in [0.25, 0.3) is 5.91 Å². The van der Waals surface area contributed by atoms with Crippen molar-refractivity contribution in [1.29, 1.82) is 0 Å². The van der Waals surface area contributed by atoms with E-state index in [0.717, 1.165) is 24.3 Å². The Morgan fingerprint density at radius 1 is 1.17 bits per heavy atom. The number of esters is 1. The Hall–Kier alpha value is -4.22. The number of aromatic nitrogens is 2. The number of hydrogen-bond acceptors (Lipinski definition) is 6. The number of carbonyl (C=O) groups excluding carboxylic acids is 2. The van der Waals surface area contributed by atoms with Crippen molar-refractivity contribution in [3.8, 4) is 11.1 Å². The normalized spacial score (nSPS) is 18.1. The second kappa shape index (κ2) is 8.53. The standard InChI is InChI=1S/C23H19F4N5O3/c1-31-20(34)23(30-21(31)28,14-6-3-5-13(9-14)16-7-4-8-29-18(16)24)15-10-17(19(33)35-2)32(11-15)12-22(25,26)27/h3-11H,12H2,1-2H3,(H2,28,30)/t23-/m0/s1. The number of benzene rings is 1. The molecule has 0 aliphatic carbocycles. The average Bonchev–Trinajstić information content (AvgIpc) is 3.32. The second-order valence-electron chi connectivity index (χ2n) is 7.82. The Balaban J connectivity index is 1.96. The lowest BCUT2D eigenvalue weighted by Crippen LogP contribution is -2.41. The van der Waals surface area contributed by atoms with Crippen molar-refractivity contribution in [3.63, 3.8) is 0 Å². The lowest BCUT2D eigenvalue weighted by atomic mass is 9.83. The first kappa shape index (κ1) is 23.9. The molecule has 1 aromatic carbocycles. The van der Waals surface area contributed by atoms with E-state index < -0.39 is 41.8 Å². The van der Waals surface area contributed by atoms with Crippen molar-refractivity contribution in [2.24, 2.45) is 10.7 Å². The number of pyridine rings is 1. The Morgan fingerprint density at radius 2 is 1.91 bits per heavy atom. The smallest absolute Gasteiger partial charge is 0.406 e. The number of halogens is 4. The van der Waals surface area contributed by atoms with Gasteiger partial charge in [0.2, 0.25) is 5.95 Å². The molecule has 3 aromatic rings. The van der Waals surface area contributed by atoms with Crippen LogP contribution in [0.5, 0.6) is 0 Å². The summed E-state index contributed by atoms with van der Waals surface area (Å²) < 4.78 is 59.3. The fourth-order valence-electron chi connectivity index (χ4n) is 4.00. The van der Waals surface area contributed by atoms with E-state index in [9.17, 15) is 27.2 Å². The van der Waals surface area contributed by atoms with Crippen LogP contribution in [-0.4, -0.2) is 52.6 Å². The number of rotatable bonds is 5. The summed E-state index contributed by atoms with van der Waals surface area (Å²) in [6, 6.07) is 10.3. The van der Waals surface area contributed by atoms with Gasteiger partial charge in [-0.1, -0.05) is 18.2 Å². The molecule has 3 heterocycles. The molecule has 2 N–H and O–H groups in total. The van der Waals surface area contributed by atoms with E-state index in [-0.39, 0.29) is 22.6 Å². The topological polar surface area (TPSA) is 103 Å². The van der Waals surface area contributed by atoms with Gasteiger partial charge < -0.3 is 15.0 Å². The molecule has 0 fully saturated rings. The highest BCUT2D eigenvalue weighted by Gasteiger charge is 2.51. The molecule has 12 heteroatoms. The quantitative estimate of drug-likeness (QED) is 0.337. The molecule has 0 radical (unpaired) electrons. The van der Waals surface area contributed by atoms with Gasteiger partial charge in [-0.2, -0.15) is 17.6 Å². The number of alkyl halides is 3. The maximum Gasteiger partial charge on any atom is 0.406 e. The molecule has 8 nitrogen and oxygen atoms in total. The molecule has 0 saturated heterocycles. The van der Waals surface area contributed by atoms with Crippen molar-refractivity contribution in [3.05, 3.63) is 77.6 Å². The minimum absolute atomic E-state index is 0.0386. The van der Waals surface area contributed by atoms with Gasteiger partial charge in [-0.05, 0) is 35.4 Å². The third-order valence-corrected chi connectivity index (χ3v) is 5.65. The highest BCUT2D eigenvalue weighted by Crippen LogP contribution is 2.41. The zero-order valence-corrected chi connectivity index (χ0v) is 18.5. The Labute approximate surface area is 196 Å². The number of likely N-dealkylation sites (N-methyl/N-ethyl adjacent to an activating group) is 1. The van der Waals surface area contributed by atoms with E-state index in [2.05, 4.69) is 14.7 Å². The van der Waals surface area contributed by atoms with Crippen LogP contribution in [0, 0.1) is 5.95 Å². The van der Waals surface area contributed by atoms with Gasteiger partial charge in [-0.15, -0.1) is 0 Å². The van der Waals surface area contributed by atoms with Crippen molar-refractivity contribution in [2.75, 3.05) is 14.2 Å². The van der Waals surface area contributed by atoms with Crippen LogP contribution < -0.4 is 5.73 Å². The van der Waals surface area contributed by atoms with Crippen molar-refractivity contribution in [2.45, 2.75) is 18.3 Å². The van der Waals surface area contributed by atoms with E-state index in [1.54, 1.807) is 12.1 Å². The van der Waals surface area contributed by atoms with Crippen LogP contribution in [0.25, 0.3) is 11.1 Å². The number of methoxy groups -OCH3 is 1. The molecule has 0 spiro atoms. The number of amides is 1. The number of hydrogen-bond donors (Lipinski definition) is 1. The van der Waals surface area contributed by atoms with E-state index in [1.165, 1.54) is 37.5 Å². The summed E-state index contributed by atoms with van der Waals surface area (Å²) in [5.41, 5.74) is 4.24. The predicted octanol–water partition coefficient (Wildman–Crippen LogP) is 3.07. The molecule has 1 aliphatic rings. The minimum atomic E-state index is -4.66. The van der Waals surface area contributed by atoms with Crippen molar-refractivity contribution >= 4 is 17.8 Å².